The number of aromatic nitrogens is 2. The second-order valence-corrected chi connectivity index (χ2v) is 6.16. The number of anilines is 1. The average Bonchev–Trinajstić information content (AvgIpc) is 2.49. The number of fused-ring (bicyclic) bond motifs is 1. The van der Waals surface area contributed by atoms with Crippen molar-refractivity contribution in [3.63, 3.8) is 0 Å². The number of rotatable bonds is 2. The maximum absolute atomic E-state index is 5.89. The third-order valence-electron chi connectivity index (χ3n) is 4.62. The Morgan fingerprint density at radius 2 is 1.80 bits per heavy atom. The lowest BCUT2D eigenvalue weighted by atomic mass is 9.80. The van der Waals surface area contributed by atoms with Crippen molar-refractivity contribution in [2.75, 3.05) is 24.5 Å². The molecule has 1 saturated heterocycles. The predicted octanol–water partition coefficient (Wildman–Crippen LogP) is 2.50. The lowest BCUT2D eigenvalue weighted by molar-refractivity contribution is 0.258. The molecule has 0 bridgehead atoms. The quantitative estimate of drug-likeness (QED) is 0.911. The van der Waals surface area contributed by atoms with Crippen LogP contribution in [0.25, 0.3) is 10.8 Å². The highest BCUT2D eigenvalue weighted by atomic mass is 15.3. The highest BCUT2D eigenvalue weighted by Crippen LogP contribution is 2.33. The van der Waals surface area contributed by atoms with Crippen molar-refractivity contribution < 1.29 is 0 Å². The van der Waals surface area contributed by atoms with Gasteiger partial charge in [0.05, 0.1) is 5.69 Å². The van der Waals surface area contributed by atoms with E-state index in [0.717, 1.165) is 44.0 Å². The molecule has 1 aromatic heterocycles. The van der Waals surface area contributed by atoms with Crippen molar-refractivity contribution >= 4 is 16.6 Å². The molecule has 0 radical (unpaired) electrons. The van der Waals surface area contributed by atoms with Crippen molar-refractivity contribution in [2.24, 2.45) is 11.1 Å². The van der Waals surface area contributed by atoms with Gasteiger partial charge in [0.2, 0.25) is 0 Å². The summed E-state index contributed by atoms with van der Waals surface area (Å²) < 4.78 is 0. The van der Waals surface area contributed by atoms with E-state index >= 15 is 0 Å². The second kappa shape index (κ2) is 5.02. The Balaban J connectivity index is 1.94. The van der Waals surface area contributed by atoms with Crippen LogP contribution in [0.1, 0.15) is 25.5 Å². The largest absolute Gasteiger partial charge is 0.355 e. The van der Waals surface area contributed by atoms with Crippen LogP contribution in [0.5, 0.6) is 0 Å². The monoisotopic (exact) mass is 270 g/mol. The molecular formula is C16H22N4. The molecule has 20 heavy (non-hydrogen) atoms. The molecule has 3 rings (SSSR count). The van der Waals surface area contributed by atoms with E-state index in [0.29, 0.717) is 0 Å². The number of nitrogens with two attached hydrogens (primary N) is 1. The van der Waals surface area contributed by atoms with Crippen LogP contribution in [-0.4, -0.2) is 29.8 Å². The van der Waals surface area contributed by atoms with Gasteiger partial charge in [-0.1, -0.05) is 31.2 Å². The van der Waals surface area contributed by atoms with Crippen molar-refractivity contribution in [1.29, 1.82) is 0 Å². The van der Waals surface area contributed by atoms with Crippen molar-refractivity contribution in [3.8, 4) is 0 Å². The fourth-order valence-corrected chi connectivity index (χ4v) is 2.92. The van der Waals surface area contributed by atoms with E-state index in [2.05, 4.69) is 46.3 Å². The molecule has 2 heterocycles. The average molecular weight is 270 g/mol. The molecule has 0 aliphatic carbocycles. The maximum Gasteiger partial charge on any atom is 0.159 e. The molecular weight excluding hydrogens is 248 g/mol. The standard InChI is InChI=1S/C16H22N4/c1-12-13-5-3-4-6-14(13)15(19-18-12)20-9-7-16(2,11-17)8-10-20/h3-6H,7-11,17H2,1-2H3. The van der Waals surface area contributed by atoms with E-state index in [4.69, 9.17) is 5.73 Å². The van der Waals surface area contributed by atoms with Gasteiger partial charge in [0.1, 0.15) is 0 Å². The first-order chi connectivity index (χ1) is 9.63. The lowest BCUT2D eigenvalue weighted by Gasteiger charge is -2.39. The SMILES string of the molecule is Cc1nnc(N2CCC(C)(CN)CC2)c2ccccc12. The fraction of sp³-hybridized carbons (Fsp3) is 0.500. The van der Waals surface area contributed by atoms with Gasteiger partial charge < -0.3 is 10.6 Å². The van der Waals surface area contributed by atoms with Gasteiger partial charge in [0.25, 0.3) is 0 Å². The van der Waals surface area contributed by atoms with Crippen LogP contribution in [0, 0.1) is 12.3 Å². The minimum Gasteiger partial charge on any atom is -0.355 e. The van der Waals surface area contributed by atoms with Gasteiger partial charge in [-0.05, 0) is 31.7 Å². The zero-order valence-electron chi connectivity index (χ0n) is 12.3. The number of hydrogen-bond donors (Lipinski definition) is 1. The number of piperidine rings is 1. The van der Waals surface area contributed by atoms with Crippen LogP contribution in [-0.2, 0) is 0 Å². The molecule has 0 amide bonds. The van der Waals surface area contributed by atoms with E-state index in [9.17, 15) is 0 Å². The minimum absolute atomic E-state index is 0.282. The molecule has 2 N–H and O–H groups in total. The number of benzene rings is 1. The predicted molar refractivity (Wildman–Crippen MR) is 82.9 cm³/mol. The summed E-state index contributed by atoms with van der Waals surface area (Å²) in [4.78, 5) is 2.35. The number of nitrogens with zero attached hydrogens (tertiary/aromatic N) is 3. The van der Waals surface area contributed by atoms with Crippen LogP contribution < -0.4 is 10.6 Å². The van der Waals surface area contributed by atoms with E-state index in [1.165, 1.54) is 10.8 Å². The van der Waals surface area contributed by atoms with E-state index < -0.39 is 0 Å². The van der Waals surface area contributed by atoms with Gasteiger partial charge in [-0.15, -0.1) is 5.10 Å². The van der Waals surface area contributed by atoms with Crippen molar-refractivity contribution in [3.05, 3.63) is 30.0 Å². The summed E-state index contributed by atoms with van der Waals surface area (Å²) in [5, 5.41) is 11.2. The van der Waals surface area contributed by atoms with Gasteiger partial charge in [0, 0.05) is 23.9 Å². The molecule has 1 fully saturated rings. The summed E-state index contributed by atoms with van der Waals surface area (Å²) in [6.45, 7) is 7.08. The normalized spacial score (nSPS) is 18.4. The highest BCUT2D eigenvalue weighted by Gasteiger charge is 2.29. The van der Waals surface area contributed by atoms with E-state index in [1.807, 2.05) is 6.92 Å². The van der Waals surface area contributed by atoms with Crippen LogP contribution in [0.3, 0.4) is 0 Å². The van der Waals surface area contributed by atoms with E-state index in [1.54, 1.807) is 0 Å². The van der Waals surface area contributed by atoms with Gasteiger partial charge in [0.15, 0.2) is 5.82 Å². The Morgan fingerprint density at radius 3 is 2.45 bits per heavy atom. The Hall–Kier alpha value is -1.68. The second-order valence-electron chi connectivity index (χ2n) is 6.16. The molecule has 1 aromatic carbocycles. The third kappa shape index (κ3) is 2.24. The first-order valence-corrected chi connectivity index (χ1v) is 7.30. The first kappa shape index (κ1) is 13.3. The lowest BCUT2D eigenvalue weighted by Crippen LogP contribution is -2.42. The summed E-state index contributed by atoms with van der Waals surface area (Å²) in [6, 6.07) is 8.39. The van der Waals surface area contributed by atoms with Gasteiger partial charge in [-0.25, -0.2) is 0 Å². The van der Waals surface area contributed by atoms with Crippen LogP contribution in [0.2, 0.25) is 0 Å². The molecule has 106 valence electrons. The summed E-state index contributed by atoms with van der Waals surface area (Å²) >= 11 is 0. The highest BCUT2D eigenvalue weighted by molar-refractivity contribution is 5.93. The van der Waals surface area contributed by atoms with Crippen LogP contribution >= 0.6 is 0 Å². The molecule has 0 atom stereocenters. The van der Waals surface area contributed by atoms with Crippen molar-refractivity contribution in [1.82, 2.24) is 10.2 Å². The Kier molecular flexibility index (Phi) is 3.34. The fourth-order valence-electron chi connectivity index (χ4n) is 2.92. The molecule has 1 aliphatic rings. The van der Waals surface area contributed by atoms with Crippen molar-refractivity contribution in [2.45, 2.75) is 26.7 Å². The molecule has 4 nitrogen and oxygen atoms in total. The summed E-state index contributed by atoms with van der Waals surface area (Å²) in [6.07, 6.45) is 2.24. The zero-order valence-corrected chi connectivity index (χ0v) is 12.3. The topological polar surface area (TPSA) is 55.0 Å². The summed E-state index contributed by atoms with van der Waals surface area (Å²) in [7, 11) is 0. The Labute approximate surface area is 120 Å². The third-order valence-corrected chi connectivity index (χ3v) is 4.62. The van der Waals surface area contributed by atoms with E-state index in [-0.39, 0.29) is 5.41 Å². The zero-order chi connectivity index (χ0) is 14.2. The van der Waals surface area contributed by atoms with Gasteiger partial charge in [-0.2, -0.15) is 5.10 Å². The molecule has 0 saturated carbocycles. The first-order valence-electron chi connectivity index (χ1n) is 7.30. The molecule has 1 aliphatic heterocycles. The summed E-state index contributed by atoms with van der Waals surface area (Å²) in [5.74, 6) is 1.02. The summed E-state index contributed by atoms with van der Waals surface area (Å²) in [5.41, 5.74) is 7.16. The Bertz CT molecular complexity index is 615. The molecule has 0 spiro atoms. The van der Waals surface area contributed by atoms with Crippen LogP contribution in [0.4, 0.5) is 5.82 Å². The molecule has 4 heteroatoms. The van der Waals surface area contributed by atoms with Crippen LogP contribution in [0.15, 0.2) is 24.3 Å². The Morgan fingerprint density at radius 1 is 1.15 bits per heavy atom. The van der Waals surface area contributed by atoms with Gasteiger partial charge >= 0.3 is 0 Å². The minimum atomic E-state index is 0.282. The number of hydrogen-bond acceptors (Lipinski definition) is 4. The molecule has 0 unspecified atom stereocenters. The van der Waals surface area contributed by atoms with Gasteiger partial charge in [-0.3, -0.25) is 0 Å². The smallest absolute Gasteiger partial charge is 0.159 e. The maximum atomic E-state index is 5.89. The number of aryl methyl sites for hydroxylation is 1. The molecule has 2 aromatic rings.